The number of aromatic amines is 1. The maximum absolute atomic E-state index is 13.1. The second kappa shape index (κ2) is 6.84. The van der Waals surface area contributed by atoms with Gasteiger partial charge in [0.15, 0.2) is 0 Å². The van der Waals surface area contributed by atoms with Crippen molar-refractivity contribution in [1.29, 1.82) is 0 Å². The number of nitrogens with one attached hydrogen (secondary N) is 2. The van der Waals surface area contributed by atoms with E-state index in [0.29, 0.717) is 17.6 Å². The number of H-pyrrole nitrogens is 1. The summed E-state index contributed by atoms with van der Waals surface area (Å²) < 4.78 is 0.784. The lowest BCUT2D eigenvalue weighted by Gasteiger charge is -2.28. The van der Waals surface area contributed by atoms with Crippen molar-refractivity contribution >= 4 is 32.7 Å². The number of benzene rings is 1. The molecular weight excluding hydrogens is 358 g/mol. The van der Waals surface area contributed by atoms with E-state index in [9.17, 15) is 9.59 Å². The molecule has 2 heterocycles. The molecule has 1 aromatic heterocycles. The number of nitrogens with zero attached hydrogens (tertiary/aromatic N) is 1. The number of carbonyl (C=O) groups excluding carboxylic acids is 1. The Labute approximate surface area is 143 Å². The first kappa shape index (κ1) is 16.2. The molecule has 0 spiro atoms. The van der Waals surface area contributed by atoms with Crippen molar-refractivity contribution in [2.75, 3.05) is 19.6 Å². The zero-order chi connectivity index (χ0) is 16.4. The summed E-state index contributed by atoms with van der Waals surface area (Å²) in [5.74, 6) is -0.0604. The van der Waals surface area contributed by atoms with Gasteiger partial charge in [-0.05, 0) is 41.4 Å². The number of amides is 1. The third-order valence-corrected chi connectivity index (χ3v) is 4.92. The minimum atomic E-state index is -0.256. The van der Waals surface area contributed by atoms with Crippen LogP contribution in [0.3, 0.4) is 0 Å². The quantitative estimate of drug-likeness (QED) is 0.859. The van der Waals surface area contributed by atoms with Crippen LogP contribution in [-0.2, 0) is 0 Å². The van der Waals surface area contributed by atoms with Gasteiger partial charge in [-0.15, -0.1) is 0 Å². The molecule has 0 bridgehead atoms. The first-order chi connectivity index (χ1) is 11.1. The molecule has 2 N–H and O–H groups in total. The van der Waals surface area contributed by atoms with E-state index in [4.69, 9.17) is 0 Å². The van der Waals surface area contributed by atoms with Crippen molar-refractivity contribution in [2.24, 2.45) is 0 Å². The Balaban J connectivity index is 2.08. The summed E-state index contributed by atoms with van der Waals surface area (Å²) >= 11 is 3.44. The van der Waals surface area contributed by atoms with Crippen molar-refractivity contribution in [1.82, 2.24) is 15.2 Å². The molecule has 1 fully saturated rings. The van der Waals surface area contributed by atoms with E-state index in [1.165, 1.54) is 6.07 Å². The highest BCUT2D eigenvalue weighted by Crippen LogP contribution is 2.25. The molecule has 122 valence electrons. The van der Waals surface area contributed by atoms with Gasteiger partial charge in [0.2, 0.25) is 5.56 Å². The van der Waals surface area contributed by atoms with Crippen LogP contribution in [0.4, 0.5) is 0 Å². The maximum Gasteiger partial charge on any atom is 0.255 e. The summed E-state index contributed by atoms with van der Waals surface area (Å²) in [5, 5.41) is 4.08. The number of hydrogen-bond donors (Lipinski definition) is 2. The van der Waals surface area contributed by atoms with Crippen LogP contribution in [0.5, 0.6) is 0 Å². The van der Waals surface area contributed by atoms with Gasteiger partial charge in [0.25, 0.3) is 5.91 Å². The van der Waals surface area contributed by atoms with Crippen molar-refractivity contribution in [3.05, 3.63) is 44.7 Å². The monoisotopic (exact) mass is 377 g/mol. The predicted octanol–water partition coefficient (Wildman–Crippen LogP) is 2.50. The zero-order valence-electron chi connectivity index (χ0n) is 13.1. The van der Waals surface area contributed by atoms with Gasteiger partial charge in [0, 0.05) is 35.1 Å². The molecule has 1 amide bonds. The zero-order valence-corrected chi connectivity index (χ0v) is 14.6. The fourth-order valence-electron chi connectivity index (χ4n) is 3.17. The number of hydrogen-bond acceptors (Lipinski definition) is 3. The van der Waals surface area contributed by atoms with E-state index < -0.39 is 0 Å². The van der Waals surface area contributed by atoms with Gasteiger partial charge < -0.3 is 15.2 Å². The van der Waals surface area contributed by atoms with E-state index in [0.717, 1.165) is 35.8 Å². The van der Waals surface area contributed by atoms with E-state index >= 15 is 0 Å². The highest BCUT2D eigenvalue weighted by atomic mass is 79.9. The number of rotatable bonds is 4. The van der Waals surface area contributed by atoms with Crippen LogP contribution in [0.15, 0.2) is 33.5 Å². The summed E-state index contributed by atoms with van der Waals surface area (Å²) in [6.07, 6.45) is 1.85. The molecular formula is C17H20BrN3O2. The minimum Gasteiger partial charge on any atom is -0.334 e. The average molecular weight is 378 g/mol. The van der Waals surface area contributed by atoms with Crippen molar-refractivity contribution in [3.63, 3.8) is 0 Å². The number of halogens is 1. The summed E-state index contributed by atoms with van der Waals surface area (Å²) in [6.45, 7) is 4.51. The molecule has 0 aliphatic carbocycles. The average Bonchev–Trinajstić information content (AvgIpc) is 3.06. The minimum absolute atomic E-state index is 0.0604. The van der Waals surface area contributed by atoms with Crippen LogP contribution in [0, 0.1) is 0 Å². The predicted molar refractivity (Wildman–Crippen MR) is 94.9 cm³/mol. The van der Waals surface area contributed by atoms with Crippen molar-refractivity contribution in [3.8, 4) is 0 Å². The number of pyridine rings is 1. The molecule has 1 saturated heterocycles. The van der Waals surface area contributed by atoms with Gasteiger partial charge in [-0.3, -0.25) is 9.59 Å². The molecule has 2 aromatic rings. The van der Waals surface area contributed by atoms with Gasteiger partial charge in [-0.25, -0.2) is 0 Å². The number of carbonyl (C=O) groups is 1. The van der Waals surface area contributed by atoms with Crippen LogP contribution >= 0.6 is 15.9 Å². The lowest BCUT2D eigenvalue weighted by atomic mass is 10.1. The Morgan fingerprint density at radius 3 is 2.96 bits per heavy atom. The molecule has 3 rings (SSSR count). The third-order valence-electron chi connectivity index (χ3n) is 4.26. The Hall–Kier alpha value is -1.66. The number of para-hydroxylation sites is 1. The molecule has 0 radical (unpaired) electrons. The lowest BCUT2D eigenvalue weighted by Crippen LogP contribution is -2.42. The normalized spacial score (nSPS) is 17.6. The molecule has 1 aromatic carbocycles. The van der Waals surface area contributed by atoms with Crippen LogP contribution in [0.1, 0.15) is 30.1 Å². The summed E-state index contributed by atoms with van der Waals surface area (Å²) in [4.78, 5) is 29.9. The maximum atomic E-state index is 13.1. The van der Waals surface area contributed by atoms with E-state index in [1.54, 1.807) is 0 Å². The number of fused-ring (bicyclic) bond motifs is 1. The van der Waals surface area contributed by atoms with Crippen LogP contribution in [0.25, 0.3) is 10.9 Å². The molecule has 5 nitrogen and oxygen atoms in total. The molecule has 0 saturated carbocycles. The molecule has 1 aliphatic rings. The van der Waals surface area contributed by atoms with E-state index in [-0.39, 0.29) is 17.5 Å². The second-order valence-corrected chi connectivity index (χ2v) is 6.71. The summed E-state index contributed by atoms with van der Waals surface area (Å²) in [7, 11) is 0. The smallest absolute Gasteiger partial charge is 0.255 e. The van der Waals surface area contributed by atoms with Gasteiger partial charge in [-0.1, -0.05) is 19.1 Å². The van der Waals surface area contributed by atoms with E-state index in [2.05, 4.69) is 33.2 Å². The molecule has 1 unspecified atom stereocenters. The van der Waals surface area contributed by atoms with Crippen molar-refractivity contribution < 1.29 is 4.79 Å². The second-order valence-electron chi connectivity index (χ2n) is 5.85. The van der Waals surface area contributed by atoms with Crippen molar-refractivity contribution in [2.45, 2.75) is 25.8 Å². The Bertz CT molecular complexity index is 781. The van der Waals surface area contributed by atoms with Crippen LogP contribution < -0.4 is 10.9 Å². The number of aromatic nitrogens is 1. The summed E-state index contributed by atoms with van der Waals surface area (Å²) in [6, 6.07) is 7.23. The largest absolute Gasteiger partial charge is 0.334 e. The topological polar surface area (TPSA) is 65.2 Å². The Morgan fingerprint density at radius 2 is 2.26 bits per heavy atom. The Kier molecular flexibility index (Phi) is 4.82. The fourth-order valence-corrected chi connectivity index (χ4v) is 3.64. The third kappa shape index (κ3) is 3.19. The van der Waals surface area contributed by atoms with Gasteiger partial charge in [0.05, 0.1) is 11.1 Å². The van der Waals surface area contributed by atoms with Gasteiger partial charge in [0.1, 0.15) is 0 Å². The first-order valence-corrected chi connectivity index (χ1v) is 8.74. The molecule has 6 heteroatoms. The Morgan fingerprint density at radius 1 is 1.43 bits per heavy atom. The molecule has 1 atom stereocenters. The van der Waals surface area contributed by atoms with E-state index in [1.807, 2.05) is 23.1 Å². The standard InChI is InChI=1S/C17H20BrN3O2/c1-2-8-21(11-6-7-19-10-11)17(23)13-9-15(22)20-16-12(13)4-3-5-14(16)18/h3-5,9,11,19H,2,6-8,10H2,1H3,(H,20,22). The van der Waals surface area contributed by atoms with Gasteiger partial charge >= 0.3 is 0 Å². The highest BCUT2D eigenvalue weighted by molar-refractivity contribution is 9.10. The molecule has 23 heavy (non-hydrogen) atoms. The lowest BCUT2D eigenvalue weighted by molar-refractivity contribution is 0.0694. The van der Waals surface area contributed by atoms with Gasteiger partial charge in [-0.2, -0.15) is 0 Å². The SMILES string of the molecule is CCCN(C(=O)c1cc(=O)[nH]c2c(Br)cccc12)C1CCNC1. The van der Waals surface area contributed by atoms with Crippen LogP contribution in [0.2, 0.25) is 0 Å². The van der Waals surface area contributed by atoms with Crippen LogP contribution in [-0.4, -0.2) is 41.5 Å². The summed E-state index contributed by atoms with van der Waals surface area (Å²) in [5.41, 5.74) is 0.892. The molecule has 1 aliphatic heterocycles. The first-order valence-electron chi connectivity index (χ1n) is 7.95. The fraction of sp³-hybridized carbons (Fsp3) is 0.412. The highest BCUT2D eigenvalue weighted by Gasteiger charge is 2.28.